The number of nitrogens with zero attached hydrogens (tertiary/aromatic N) is 3. The van der Waals surface area contributed by atoms with Crippen LogP contribution < -0.4 is 0 Å². The maximum absolute atomic E-state index is 13.1. The Balaban J connectivity index is 1.91. The molecule has 0 aliphatic rings. The first-order valence-electron chi connectivity index (χ1n) is 7.10. The Morgan fingerprint density at radius 2 is 1.83 bits per heavy atom. The number of rotatable bonds is 2. The van der Waals surface area contributed by atoms with E-state index in [0.29, 0.717) is 5.65 Å². The standard InChI is InChI=1S/C18H12FN3O/c19-13-6-4-12(5-7-13)16-8-9-20-18-17(16)11-21-22(18)14-2-1-3-15(23)10-14/h1-11,23H. The third kappa shape index (κ3) is 2.32. The summed E-state index contributed by atoms with van der Waals surface area (Å²) in [5.74, 6) is -0.102. The van der Waals surface area contributed by atoms with Gasteiger partial charge in [-0.05, 0) is 41.5 Å². The van der Waals surface area contributed by atoms with Crippen LogP contribution in [-0.2, 0) is 0 Å². The van der Waals surface area contributed by atoms with E-state index >= 15 is 0 Å². The van der Waals surface area contributed by atoms with E-state index in [1.54, 1.807) is 47.4 Å². The number of halogens is 1. The summed E-state index contributed by atoms with van der Waals surface area (Å²) in [6.07, 6.45) is 3.42. The quantitative estimate of drug-likeness (QED) is 0.610. The molecule has 0 bridgehead atoms. The van der Waals surface area contributed by atoms with Gasteiger partial charge in [0.1, 0.15) is 11.6 Å². The minimum Gasteiger partial charge on any atom is -0.508 e. The van der Waals surface area contributed by atoms with Crippen molar-refractivity contribution < 1.29 is 9.50 Å². The van der Waals surface area contributed by atoms with Crippen molar-refractivity contribution in [3.63, 3.8) is 0 Å². The van der Waals surface area contributed by atoms with Crippen molar-refractivity contribution in [2.45, 2.75) is 0 Å². The zero-order valence-corrected chi connectivity index (χ0v) is 12.0. The van der Waals surface area contributed by atoms with Gasteiger partial charge in [0, 0.05) is 17.6 Å². The van der Waals surface area contributed by atoms with E-state index in [0.717, 1.165) is 22.2 Å². The fraction of sp³-hybridized carbons (Fsp3) is 0. The van der Waals surface area contributed by atoms with Gasteiger partial charge in [-0.2, -0.15) is 5.10 Å². The van der Waals surface area contributed by atoms with Crippen molar-refractivity contribution in [2.24, 2.45) is 0 Å². The highest BCUT2D eigenvalue weighted by atomic mass is 19.1. The molecule has 0 saturated heterocycles. The zero-order chi connectivity index (χ0) is 15.8. The smallest absolute Gasteiger partial charge is 0.163 e. The Morgan fingerprint density at radius 3 is 2.61 bits per heavy atom. The number of hydrogen-bond acceptors (Lipinski definition) is 3. The van der Waals surface area contributed by atoms with Crippen molar-refractivity contribution in [3.8, 4) is 22.6 Å². The molecule has 2 aromatic heterocycles. The topological polar surface area (TPSA) is 50.9 Å². The van der Waals surface area contributed by atoms with E-state index < -0.39 is 0 Å². The number of aromatic hydroxyl groups is 1. The van der Waals surface area contributed by atoms with Gasteiger partial charge in [0.15, 0.2) is 5.65 Å². The molecule has 2 aromatic carbocycles. The van der Waals surface area contributed by atoms with Crippen molar-refractivity contribution >= 4 is 11.0 Å². The predicted octanol–water partition coefficient (Wildman–Crippen LogP) is 3.93. The summed E-state index contributed by atoms with van der Waals surface area (Å²) in [7, 11) is 0. The first kappa shape index (κ1) is 13.5. The molecule has 0 fully saturated rings. The Labute approximate surface area is 131 Å². The van der Waals surface area contributed by atoms with Gasteiger partial charge < -0.3 is 5.11 Å². The van der Waals surface area contributed by atoms with Gasteiger partial charge in [-0.3, -0.25) is 0 Å². The Morgan fingerprint density at radius 1 is 1.00 bits per heavy atom. The second-order valence-corrected chi connectivity index (χ2v) is 5.18. The highest BCUT2D eigenvalue weighted by Crippen LogP contribution is 2.29. The van der Waals surface area contributed by atoms with E-state index in [2.05, 4.69) is 10.1 Å². The van der Waals surface area contributed by atoms with Crippen molar-refractivity contribution in [2.75, 3.05) is 0 Å². The number of aromatic nitrogens is 3. The van der Waals surface area contributed by atoms with Gasteiger partial charge in [-0.25, -0.2) is 14.1 Å². The van der Waals surface area contributed by atoms with Crippen LogP contribution in [-0.4, -0.2) is 19.9 Å². The fourth-order valence-corrected chi connectivity index (χ4v) is 2.62. The number of benzene rings is 2. The summed E-state index contributed by atoms with van der Waals surface area (Å²) in [6, 6.07) is 15.0. The molecule has 4 aromatic rings. The van der Waals surface area contributed by atoms with Crippen LogP contribution >= 0.6 is 0 Å². The predicted molar refractivity (Wildman–Crippen MR) is 85.9 cm³/mol. The van der Waals surface area contributed by atoms with Crippen LogP contribution in [0.2, 0.25) is 0 Å². The minimum atomic E-state index is -0.269. The number of pyridine rings is 1. The third-order valence-corrected chi connectivity index (χ3v) is 3.70. The lowest BCUT2D eigenvalue weighted by Crippen LogP contribution is -1.97. The molecule has 23 heavy (non-hydrogen) atoms. The number of hydrogen-bond donors (Lipinski definition) is 1. The normalized spacial score (nSPS) is 11.0. The van der Waals surface area contributed by atoms with Gasteiger partial charge in [0.25, 0.3) is 0 Å². The molecular formula is C18H12FN3O. The molecule has 4 nitrogen and oxygen atoms in total. The minimum absolute atomic E-state index is 0.167. The largest absolute Gasteiger partial charge is 0.508 e. The van der Waals surface area contributed by atoms with Gasteiger partial charge in [-0.1, -0.05) is 18.2 Å². The SMILES string of the molecule is Oc1cccc(-n2ncc3c(-c4ccc(F)cc4)ccnc32)c1. The van der Waals surface area contributed by atoms with Crippen LogP contribution in [0.4, 0.5) is 4.39 Å². The Hall–Kier alpha value is -3.21. The van der Waals surface area contributed by atoms with Crippen molar-refractivity contribution in [3.05, 3.63) is 72.8 Å². The Kier molecular flexibility index (Phi) is 3.05. The molecule has 2 heterocycles. The van der Waals surface area contributed by atoms with E-state index in [-0.39, 0.29) is 11.6 Å². The van der Waals surface area contributed by atoms with Gasteiger partial charge >= 0.3 is 0 Å². The molecule has 112 valence electrons. The lowest BCUT2D eigenvalue weighted by molar-refractivity contribution is 0.475. The average Bonchev–Trinajstić information content (AvgIpc) is 3.00. The van der Waals surface area contributed by atoms with Crippen LogP contribution in [0.3, 0.4) is 0 Å². The molecule has 0 aliphatic heterocycles. The lowest BCUT2D eigenvalue weighted by atomic mass is 10.0. The molecule has 0 amide bonds. The molecule has 0 unspecified atom stereocenters. The summed E-state index contributed by atoms with van der Waals surface area (Å²) in [4.78, 5) is 4.40. The molecular weight excluding hydrogens is 293 g/mol. The van der Waals surface area contributed by atoms with E-state index in [1.807, 2.05) is 12.1 Å². The van der Waals surface area contributed by atoms with Gasteiger partial charge in [-0.15, -0.1) is 0 Å². The molecule has 0 saturated carbocycles. The molecule has 5 heteroatoms. The van der Waals surface area contributed by atoms with Crippen LogP contribution in [0.1, 0.15) is 0 Å². The number of phenolic OH excluding ortho intramolecular Hbond substituents is 1. The van der Waals surface area contributed by atoms with E-state index in [9.17, 15) is 9.50 Å². The average molecular weight is 305 g/mol. The van der Waals surface area contributed by atoms with Crippen LogP contribution in [0.25, 0.3) is 27.8 Å². The second-order valence-electron chi connectivity index (χ2n) is 5.18. The van der Waals surface area contributed by atoms with E-state index in [1.165, 1.54) is 12.1 Å². The fourth-order valence-electron chi connectivity index (χ4n) is 2.62. The first-order valence-corrected chi connectivity index (χ1v) is 7.10. The van der Waals surface area contributed by atoms with Gasteiger partial charge in [0.05, 0.1) is 11.9 Å². The molecule has 0 radical (unpaired) electrons. The molecule has 1 N–H and O–H groups in total. The van der Waals surface area contributed by atoms with Crippen molar-refractivity contribution in [1.29, 1.82) is 0 Å². The third-order valence-electron chi connectivity index (χ3n) is 3.70. The molecule has 0 spiro atoms. The second kappa shape index (κ2) is 5.21. The van der Waals surface area contributed by atoms with E-state index in [4.69, 9.17) is 0 Å². The first-order chi connectivity index (χ1) is 11.2. The lowest BCUT2D eigenvalue weighted by Gasteiger charge is -2.05. The van der Waals surface area contributed by atoms with Crippen LogP contribution in [0, 0.1) is 5.82 Å². The Bertz CT molecular complexity index is 993. The monoisotopic (exact) mass is 305 g/mol. The zero-order valence-electron chi connectivity index (χ0n) is 12.0. The van der Waals surface area contributed by atoms with Crippen LogP contribution in [0.15, 0.2) is 67.0 Å². The number of fused-ring (bicyclic) bond motifs is 1. The maximum Gasteiger partial charge on any atom is 0.163 e. The molecule has 0 aliphatic carbocycles. The number of phenols is 1. The maximum atomic E-state index is 13.1. The summed E-state index contributed by atoms with van der Waals surface area (Å²) in [5.41, 5.74) is 3.23. The molecule has 0 atom stereocenters. The summed E-state index contributed by atoms with van der Waals surface area (Å²) in [5, 5.41) is 14.9. The highest BCUT2D eigenvalue weighted by Gasteiger charge is 2.11. The molecule has 4 rings (SSSR count). The summed E-state index contributed by atoms with van der Waals surface area (Å²) < 4.78 is 14.8. The van der Waals surface area contributed by atoms with Gasteiger partial charge in [0.2, 0.25) is 0 Å². The summed E-state index contributed by atoms with van der Waals surface area (Å²) >= 11 is 0. The van der Waals surface area contributed by atoms with Crippen LogP contribution in [0.5, 0.6) is 5.75 Å². The van der Waals surface area contributed by atoms with Crippen molar-refractivity contribution in [1.82, 2.24) is 14.8 Å². The highest BCUT2D eigenvalue weighted by molar-refractivity contribution is 5.93. The summed E-state index contributed by atoms with van der Waals surface area (Å²) in [6.45, 7) is 0.